The molecule has 1 atom stereocenters. The van der Waals surface area contributed by atoms with Crippen LogP contribution in [0.3, 0.4) is 0 Å². The van der Waals surface area contributed by atoms with Crippen molar-refractivity contribution in [3.63, 3.8) is 0 Å². The van der Waals surface area contributed by atoms with Crippen molar-refractivity contribution in [2.45, 2.75) is 65.8 Å². The summed E-state index contributed by atoms with van der Waals surface area (Å²) in [7, 11) is 0. The van der Waals surface area contributed by atoms with Gasteiger partial charge < -0.3 is 5.32 Å². The second-order valence-corrected chi connectivity index (χ2v) is 8.26. The highest BCUT2D eigenvalue weighted by Gasteiger charge is 2.32. The van der Waals surface area contributed by atoms with Crippen LogP contribution < -0.4 is 5.32 Å². The minimum absolute atomic E-state index is 0.492. The molecule has 0 saturated heterocycles. The number of rotatable bonds is 5. The fourth-order valence-corrected chi connectivity index (χ4v) is 4.40. The van der Waals surface area contributed by atoms with Crippen molar-refractivity contribution in [2.75, 3.05) is 6.54 Å². The Hall–Kier alpha value is -0.340. The number of hydrogen-bond donors (Lipinski definition) is 1. The van der Waals surface area contributed by atoms with Crippen molar-refractivity contribution in [1.29, 1.82) is 0 Å². The zero-order valence-corrected chi connectivity index (χ0v) is 14.4. The van der Waals surface area contributed by atoms with E-state index >= 15 is 0 Å². The lowest BCUT2D eigenvalue weighted by molar-refractivity contribution is 0.132. The highest BCUT2D eigenvalue weighted by Crippen LogP contribution is 2.41. The Morgan fingerprint density at radius 1 is 1.25 bits per heavy atom. The van der Waals surface area contributed by atoms with Gasteiger partial charge in [-0.25, -0.2) is 0 Å². The first-order valence-electron chi connectivity index (χ1n) is 8.25. The molecule has 0 aromatic carbocycles. The van der Waals surface area contributed by atoms with Crippen LogP contribution in [0, 0.1) is 17.3 Å². The van der Waals surface area contributed by atoms with Gasteiger partial charge in [-0.2, -0.15) is 11.3 Å². The standard InChI is InChI=1S/C18H31NS/c1-5-19-17(12-14-10-11-20-13-14)15-6-8-16(9-7-15)18(2,3)4/h10-11,13,15-17,19H,5-9,12H2,1-4H3. The predicted molar refractivity (Wildman–Crippen MR) is 90.4 cm³/mol. The summed E-state index contributed by atoms with van der Waals surface area (Å²) in [6, 6.07) is 2.96. The number of nitrogens with one attached hydrogen (secondary N) is 1. The van der Waals surface area contributed by atoms with E-state index in [9.17, 15) is 0 Å². The van der Waals surface area contributed by atoms with Crippen LogP contribution in [0.5, 0.6) is 0 Å². The van der Waals surface area contributed by atoms with Crippen LogP contribution in [0.4, 0.5) is 0 Å². The summed E-state index contributed by atoms with van der Waals surface area (Å²) in [5.41, 5.74) is 2.00. The largest absolute Gasteiger partial charge is 0.314 e. The summed E-state index contributed by atoms with van der Waals surface area (Å²) in [5, 5.41) is 8.26. The van der Waals surface area contributed by atoms with Crippen molar-refractivity contribution >= 4 is 11.3 Å². The van der Waals surface area contributed by atoms with Gasteiger partial charge in [-0.3, -0.25) is 0 Å². The maximum atomic E-state index is 3.75. The Bertz CT molecular complexity index is 369. The van der Waals surface area contributed by atoms with Gasteiger partial charge in [0, 0.05) is 6.04 Å². The average Bonchev–Trinajstić information content (AvgIpc) is 2.90. The molecule has 2 rings (SSSR count). The van der Waals surface area contributed by atoms with Gasteiger partial charge in [0.1, 0.15) is 0 Å². The quantitative estimate of drug-likeness (QED) is 0.794. The van der Waals surface area contributed by atoms with E-state index in [0.717, 1.165) is 18.4 Å². The lowest BCUT2D eigenvalue weighted by atomic mass is 9.68. The minimum atomic E-state index is 0.492. The van der Waals surface area contributed by atoms with Crippen LogP contribution >= 0.6 is 11.3 Å². The highest BCUT2D eigenvalue weighted by molar-refractivity contribution is 7.07. The van der Waals surface area contributed by atoms with E-state index in [2.05, 4.69) is 49.8 Å². The van der Waals surface area contributed by atoms with Crippen molar-refractivity contribution in [3.05, 3.63) is 22.4 Å². The van der Waals surface area contributed by atoms with Crippen LogP contribution in [0.1, 0.15) is 58.9 Å². The molecule has 1 saturated carbocycles. The minimum Gasteiger partial charge on any atom is -0.314 e. The van der Waals surface area contributed by atoms with Gasteiger partial charge in [0.05, 0.1) is 0 Å². The van der Waals surface area contributed by atoms with E-state index in [0.29, 0.717) is 11.5 Å². The molecule has 0 radical (unpaired) electrons. The highest BCUT2D eigenvalue weighted by atomic mass is 32.1. The van der Waals surface area contributed by atoms with Crippen LogP contribution in [-0.2, 0) is 6.42 Å². The second kappa shape index (κ2) is 7.09. The van der Waals surface area contributed by atoms with Gasteiger partial charge in [0.25, 0.3) is 0 Å². The molecule has 2 heteroatoms. The first kappa shape index (κ1) is 16.0. The molecule has 1 unspecified atom stereocenters. The Kier molecular flexibility index (Phi) is 5.68. The molecule has 1 aromatic heterocycles. The Labute approximate surface area is 129 Å². The average molecular weight is 294 g/mol. The third-order valence-corrected chi connectivity index (χ3v) is 5.80. The molecule has 1 aliphatic carbocycles. The van der Waals surface area contributed by atoms with E-state index < -0.39 is 0 Å². The molecule has 0 spiro atoms. The SMILES string of the molecule is CCNC(Cc1ccsc1)C1CCC(C(C)(C)C)CC1. The van der Waals surface area contributed by atoms with Gasteiger partial charge in [-0.05, 0) is 78.3 Å². The predicted octanol–water partition coefficient (Wildman–Crippen LogP) is 5.12. The summed E-state index contributed by atoms with van der Waals surface area (Å²) in [5.74, 6) is 1.79. The molecule has 0 aliphatic heterocycles. The molecule has 20 heavy (non-hydrogen) atoms. The van der Waals surface area contributed by atoms with Crippen LogP contribution in [0.15, 0.2) is 16.8 Å². The second-order valence-electron chi connectivity index (χ2n) is 7.48. The van der Waals surface area contributed by atoms with E-state index in [1.54, 1.807) is 0 Å². The smallest absolute Gasteiger partial charge is 0.0136 e. The summed E-state index contributed by atoms with van der Waals surface area (Å²) < 4.78 is 0. The Morgan fingerprint density at radius 2 is 1.95 bits per heavy atom. The Morgan fingerprint density at radius 3 is 2.45 bits per heavy atom. The van der Waals surface area contributed by atoms with Crippen molar-refractivity contribution in [1.82, 2.24) is 5.32 Å². The molecule has 1 heterocycles. The van der Waals surface area contributed by atoms with E-state index in [1.165, 1.54) is 37.7 Å². The fourth-order valence-electron chi connectivity index (χ4n) is 3.72. The molecule has 1 aliphatic rings. The van der Waals surface area contributed by atoms with Crippen molar-refractivity contribution in [2.24, 2.45) is 17.3 Å². The summed E-state index contributed by atoms with van der Waals surface area (Å²) in [4.78, 5) is 0. The third kappa shape index (κ3) is 4.33. The van der Waals surface area contributed by atoms with Gasteiger partial charge in [0.15, 0.2) is 0 Å². The van der Waals surface area contributed by atoms with Crippen LogP contribution in [0.2, 0.25) is 0 Å². The molecule has 1 nitrogen and oxygen atoms in total. The molecule has 1 fully saturated rings. The molecule has 1 N–H and O–H groups in total. The Balaban J connectivity index is 1.91. The summed E-state index contributed by atoms with van der Waals surface area (Å²) >= 11 is 1.82. The normalized spacial score (nSPS) is 25.6. The molecule has 0 amide bonds. The lowest BCUT2D eigenvalue weighted by Crippen LogP contribution is -2.40. The van der Waals surface area contributed by atoms with Gasteiger partial charge in [0.2, 0.25) is 0 Å². The van der Waals surface area contributed by atoms with E-state index in [-0.39, 0.29) is 0 Å². The molecule has 0 bridgehead atoms. The monoisotopic (exact) mass is 293 g/mol. The third-order valence-electron chi connectivity index (χ3n) is 5.07. The first-order chi connectivity index (χ1) is 9.50. The number of hydrogen-bond acceptors (Lipinski definition) is 2. The number of thiophene rings is 1. The molecule has 114 valence electrons. The van der Waals surface area contributed by atoms with Gasteiger partial charge >= 0.3 is 0 Å². The number of likely N-dealkylation sites (N-methyl/N-ethyl adjacent to an activating group) is 1. The first-order valence-corrected chi connectivity index (χ1v) is 9.19. The summed E-state index contributed by atoms with van der Waals surface area (Å²) in [6.07, 6.45) is 6.86. The van der Waals surface area contributed by atoms with Crippen LogP contribution in [0.25, 0.3) is 0 Å². The topological polar surface area (TPSA) is 12.0 Å². The van der Waals surface area contributed by atoms with Gasteiger partial charge in [-0.15, -0.1) is 0 Å². The molecular formula is C18H31NS. The van der Waals surface area contributed by atoms with E-state index in [1.807, 2.05) is 11.3 Å². The van der Waals surface area contributed by atoms with Crippen LogP contribution in [-0.4, -0.2) is 12.6 Å². The molecular weight excluding hydrogens is 262 g/mol. The lowest BCUT2D eigenvalue weighted by Gasteiger charge is -2.39. The summed E-state index contributed by atoms with van der Waals surface area (Å²) in [6.45, 7) is 10.6. The zero-order valence-electron chi connectivity index (χ0n) is 13.6. The maximum Gasteiger partial charge on any atom is 0.0136 e. The fraction of sp³-hybridized carbons (Fsp3) is 0.778. The molecule has 1 aromatic rings. The van der Waals surface area contributed by atoms with Crippen molar-refractivity contribution < 1.29 is 0 Å². The van der Waals surface area contributed by atoms with Gasteiger partial charge in [-0.1, -0.05) is 27.7 Å². The maximum absolute atomic E-state index is 3.75. The van der Waals surface area contributed by atoms with Crippen molar-refractivity contribution in [3.8, 4) is 0 Å². The zero-order chi connectivity index (χ0) is 14.6. The van der Waals surface area contributed by atoms with E-state index in [4.69, 9.17) is 0 Å².